The molecule has 0 aliphatic heterocycles. The number of nitrogens with zero attached hydrogens (tertiary/aromatic N) is 2. The molecule has 66 valence electrons. The highest BCUT2D eigenvalue weighted by molar-refractivity contribution is 7.98. The Balaban J connectivity index is 3.16. The lowest BCUT2D eigenvalue weighted by molar-refractivity contribution is -0.141. The molecule has 0 spiro atoms. The van der Waals surface area contributed by atoms with Crippen molar-refractivity contribution in [2.75, 3.05) is 6.26 Å². The van der Waals surface area contributed by atoms with E-state index < -0.39 is 18.0 Å². The van der Waals surface area contributed by atoms with E-state index in [-0.39, 0.29) is 5.16 Å². The molecule has 2 nitrogen and oxygen atoms in total. The zero-order chi connectivity index (χ0) is 10.1. The summed E-state index contributed by atoms with van der Waals surface area (Å²) in [4.78, 5) is 6.71. The number of hydrogen-bond acceptors (Lipinski definition) is 3. The molecule has 0 unspecified atom stereocenters. The summed E-state index contributed by atoms with van der Waals surface area (Å²) in [6.07, 6.45) is -3.38. The van der Waals surface area contributed by atoms with Crippen LogP contribution in [-0.2, 0) is 6.18 Å². The highest BCUT2D eigenvalue weighted by atomic mass is 32.2. The molecule has 0 saturated carbocycles. The number of hydrogen-bond donors (Lipinski definition) is 0. The third kappa shape index (κ3) is 2.10. The number of alkyl halides is 3. The van der Waals surface area contributed by atoms with E-state index in [0.29, 0.717) is 6.07 Å². The van der Waals surface area contributed by atoms with Crippen molar-refractivity contribution in [3.63, 3.8) is 0 Å². The van der Waals surface area contributed by atoms with Gasteiger partial charge in [-0.3, -0.25) is 0 Å². The Morgan fingerprint density at radius 1 is 1.58 bits per heavy atom. The average molecular weight is 195 g/mol. The molecular weight excluding hydrogens is 189 g/mol. The summed E-state index contributed by atoms with van der Waals surface area (Å²) in [5, 5.41) is -0.0418. The molecule has 0 amide bonds. The van der Waals surface area contributed by atoms with Crippen LogP contribution in [0.2, 0.25) is 0 Å². The molecule has 6 heteroatoms. The summed E-state index contributed by atoms with van der Waals surface area (Å²) >= 11 is 0.971. The van der Waals surface area contributed by atoms with Crippen LogP contribution in [0.4, 0.5) is 13.2 Å². The molecule has 0 fully saturated rings. The lowest BCUT2D eigenvalue weighted by Crippen LogP contribution is -2.08. The van der Waals surface area contributed by atoms with Crippen molar-refractivity contribution in [1.29, 1.82) is 0 Å². The minimum atomic E-state index is -4.51. The Morgan fingerprint density at radius 3 is 2.75 bits per heavy atom. The van der Waals surface area contributed by atoms with Gasteiger partial charge in [-0.25, -0.2) is 9.97 Å². The molecule has 0 aliphatic carbocycles. The largest absolute Gasteiger partial charge is 0.433 e. The van der Waals surface area contributed by atoms with Gasteiger partial charge in [-0.15, -0.1) is 0 Å². The van der Waals surface area contributed by atoms with Gasteiger partial charge in [0.05, 0.1) is 1.37 Å². The molecule has 12 heavy (non-hydrogen) atoms. The maximum absolute atomic E-state index is 12.1. The number of rotatable bonds is 1. The Hall–Kier alpha value is -0.780. The standard InChI is InChI=1S/C6H5F3N2S/c1-12-5-10-3-2-4(11-5)6(7,8)9/h2-3H,1H3/i3D. The zero-order valence-corrected chi connectivity index (χ0v) is 6.83. The SMILES string of the molecule is [2H]c1cc(C(F)(F)F)nc(SC)n1. The van der Waals surface area contributed by atoms with Gasteiger partial charge >= 0.3 is 6.18 Å². The fraction of sp³-hybridized carbons (Fsp3) is 0.333. The maximum Gasteiger partial charge on any atom is 0.433 e. The summed E-state index contributed by atoms with van der Waals surface area (Å²) in [7, 11) is 0. The van der Waals surface area contributed by atoms with Crippen LogP contribution in [0, 0.1) is 0 Å². The lowest BCUT2D eigenvalue weighted by Gasteiger charge is -2.04. The third-order valence-corrected chi connectivity index (χ3v) is 1.60. The Morgan fingerprint density at radius 2 is 2.25 bits per heavy atom. The Bertz CT molecular complexity index is 315. The van der Waals surface area contributed by atoms with Gasteiger partial charge in [0, 0.05) is 6.17 Å². The van der Waals surface area contributed by atoms with Crippen LogP contribution in [0.1, 0.15) is 7.06 Å². The van der Waals surface area contributed by atoms with Gasteiger partial charge in [0.25, 0.3) is 0 Å². The Labute approximate surface area is 72.6 Å². The van der Waals surface area contributed by atoms with Crippen LogP contribution in [0.25, 0.3) is 0 Å². The van der Waals surface area contributed by atoms with Crippen LogP contribution in [0.15, 0.2) is 17.4 Å². The lowest BCUT2D eigenvalue weighted by atomic mass is 10.4. The van der Waals surface area contributed by atoms with Crippen molar-refractivity contribution in [2.45, 2.75) is 11.3 Å². The highest BCUT2D eigenvalue weighted by Gasteiger charge is 2.32. The van der Waals surface area contributed by atoms with Crippen LogP contribution < -0.4 is 0 Å². The first-order valence-corrected chi connectivity index (χ1v) is 4.13. The van der Waals surface area contributed by atoms with Gasteiger partial charge in [-0.1, -0.05) is 11.8 Å². The summed E-state index contributed by atoms with van der Waals surface area (Å²) in [6.45, 7) is 0. The molecule has 0 aliphatic rings. The van der Waals surface area contributed by atoms with E-state index in [4.69, 9.17) is 1.37 Å². The van der Waals surface area contributed by atoms with Crippen LogP contribution >= 0.6 is 11.8 Å². The van der Waals surface area contributed by atoms with Crippen molar-refractivity contribution >= 4 is 11.8 Å². The van der Waals surface area contributed by atoms with Crippen LogP contribution in [0.3, 0.4) is 0 Å². The van der Waals surface area contributed by atoms with E-state index in [2.05, 4.69) is 9.97 Å². The van der Waals surface area contributed by atoms with E-state index in [9.17, 15) is 13.2 Å². The molecule has 0 radical (unpaired) electrons. The predicted molar refractivity (Wildman–Crippen MR) is 38.8 cm³/mol. The molecular formula is C6H5F3N2S. The van der Waals surface area contributed by atoms with Crippen molar-refractivity contribution < 1.29 is 14.5 Å². The first-order valence-electron chi connectivity index (χ1n) is 3.40. The molecule has 0 aromatic carbocycles. The van der Waals surface area contributed by atoms with E-state index in [1.54, 1.807) is 6.26 Å². The van der Waals surface area contributed by atoms with Gasteiger partial charge in [-0.2, -0.15) is 13.2 Å². The van der Waals surface area contributed by atoms with E-state index >= 15 is 0 Å². The number of thioether (sulfide) groups is 1. The van der Waals surface area contributed by atoms with E-state index in [1.807, 2.05) is 0 Å². The summed E-state index contributed by atoms with van der Waals surface area (Å²) < 4.78 is 43.3. The summed E-state index contributed by atoms with van der Waals surface area (Å²) in [5.74, 6) is 0. The van der Waals surface area contributed by atoms with E-state index in [0.717, 1.165) is 11.8 Å². The van der Waals surface area contributed by atoms with E-state index in [1.165, 1.54) is 0 Å². The summed E-state index contributed by atoms with van der Waals surface area (Å²) in [6, 6.07) is 0.597. The first-order chi connectivity index (χ1) is 5.93. The molecule has 1 aromatic heterocycles. The van der Waals surface area contributed by atoms with Gasteiger partial charge in [0.15, 0.2) is 5.16 Å². The van der Waals surface area contributed by atoms with Gasteiger partial charge in [-0.05, 0) is 12.3 Å². The normalized spacial score (nSPS) is 12.8. The van der Waals surface area contributed by atoms with Crippen molar-refractivity contribution in [3.8, 4) is 0 Å². The fourth-order valence-corrected chi connectivity index (χ4v) is 0.879. The highest BCUT2D eigenvalue weighted by Crippen LogP contribution is 2.27. The maximum atomic E-state index is 12.1. The monoisotopic (exact) mass is 195 g/mol. The first kappa shape index (κ1) is 7.85. The molecule has 1 heterocycles. The predicted octanol–water partition coefficient (Wildman–Crippen LogP) is 2.22. The third-order valence-electron chi connectivity index (χ3n) is 1.05. The second-order valence-corrected chi connectivity index (χ2v) is 2.64. The number of halogens is 3. The fourth-order valence-electron chi connectivity index (χ4n) is 0.545. The van der Waals surface area contributed by atoms with Crippen LogP contribution in [0.5, 0.6) is 0 Å². The van der Waals surface area contributed by atoms with Gasteiger partial charge in [0.1, 0.15) is 5.69 Å². The molecule has 0 N–H and O–H groups in total. The average Bonchev–Trinajstić information content (AvgIpc) is 2.01. The quantitative estimate of drug-likeness (QED) is 0.507. The molecule has 0 saturated heterocycles. The Kier molecular flexibility index (Phi) is 2.16. The van der Waals surface area contributed by atoms with Crippen LogP contribution in [-0.4, -0.2) is 16.2 Å². The summed E-state index contributed by atoms with van der Waals surface area (Å²) in [5.41, 5.74) is -1.07. The molecule has 0 atom stereocenters. The second-order valence-electron chi connectivity index (χ2n) is 1.87. The smallest absolute Gasteiger partial charge is 0.231 e. The number of aromatic nitrogens is 2. The van der Waals surface area contributed by atoms with Crippen molar-refractivity contribution in [2.24, 2.45) is 0 Å². The van der Waals surface area contributed by atoms with Gasteiger partial charge < -0.3 is 0 Å². The molecule has 1 rings (SSSR count). The van der Waals surface area contributed by atoms with Crippen molar-refractivity contribution in [1.82, 2.24) is 9.97 Å². The molecule has 0 bridgehead atoms. The van der Waals surface area contributed by atoms with Gasteiger partial charge in [0.2, 0.25) is 0 Å². The van der Waals surface area contributed by atoms with Crippen molar-refractivity contribution in [3.05, 3.63) is 17.9 Å². The topological polar surface area (TPSA) is 25.8 Å². The minimum absolute atomic E-state index is 0.0418. The second kappa shape index (κ2) is 3.30. The minimum Gasteiger partial charge on any atom is -0.231 e. The molecule has 1 aromatic rings. The zero-order valence-electron chi connectivity index (χ0n) is 7.01.